The molecule has 5 heteroatoms. The lowest BCUT2D eigenvalue weighted by molar-refractivity contribution is -0.119. The number of hydrogen-bond acceptors (Lipinski definition) is 5. The summed E-state index contributed by atoms with van der Waals surface area (Å²) < 4.78 is 10.5. The number of anilines is 2. The minimum Gasteiger partial charge on any atom is -0.496 e. The molecule has 0 aliphatic rings. The van der Waals surface area contributed by atoms with E-state index in [0.29, 0.717) is 37.1 Å². The molecule has 2 aromatic rings. The molecule has 2 aromatic carbocycles. The molecule has 2 rings (SSSR count). The smallest absolute Gasteiger partial charge is 0.133 e. The Hall–Kier alpha value is -2.69. The highest BCUT2D eigenvalue weighted by atomic mass is 16.5. The maximum atomic E-state index is 12.3. The van der Waals surface area contributed by atoms with Crippen LogP contribution in [0.25, 0.3) is 0 Å². The molecule has 0 atom stereocenters. The van der Waals surface area contributed by atoms with E-state index < -0.39 is 0 Å². The summed E-state index contributed by atoms with van der Waals surface area (Å²) in [5, 5.41) is 0. The van der Waals surface area contributed by atoms with Gasteiger partial charge in [-0.3, -0.25) is 4.79 Å². The van der Waals surface area contributed by atoms with Gasteiger partial charge in [0.2, 0.25) is 0 Å². The number of carbonyl (C=O) groups is 1. The second-order valence-corrected chi connectivity index (χ2v) is 6.47. The van der Waals surface area contributed by atoms with E-state index in [1.54, 1.807) is 14.2 Å². The normalized spacial score (nSPS) is 10.6. The second-order valence-electron chi connectivity index (χ2n) is 6.47. The minimum atomic E-state index is 0.200. The van der Waals surface area contributed by atoms with Crippen molar-refractivity contribution in [2.24, 2.45) is 0 Å². The third-order valence-corrected chi connectivity index (χ3v) is 4.90. The van der Waals surface area contributed by atoms with Gasteiger partial charge >= 0.3 is 0 Å². The van der Waals surface area contributed by atoms with Crippen molar-refractivity contribution in [1.82, 2.24) is 0 Å². The van der Waals surface area contributed by atoms with Crippen LogP contribution in [0.2, 0.25) is 0 Å². The lowest BCUT2D eigenvalue weighted by Crippen LogP contribution is -2.06. The number of aryl methyl sites for hydroxylation is 2. The molecule has 0 unspecified atom stereocenters. The van der Waals surface area contributed by atoms with E-state index >= 15 is 0 Å². The largest absolute Gasteiger partial charge is 0.496 e. The number of carbonyl (C=O) groups excluding carboxylic acids is 1. The standard InChI is InChI=1S/C21H28N2O3/c1-13-18(25-3)11-7-15(20(13)22)5-9-17(24)10-6-16-8-12-19(26-4)14(2)21(16)23/h7-8,11-12H,5-6,9-10,22-23H2,1-4H3. The van der Waals surface area contributed by atoms with Gasteiger partial charge in [-0.05, 0) is 49.9 Å². The van der Waals surface area contributed by atoms with Crippen molar-refractivity contribution in [3.05, 3.63) is 46.5 Å². The van der Waals surface area contributed by atoms with Crippen LogP contribution < -0.4 is 20.9 Å². The van der Waals surface area contributed by atoms with Gasteiger partial charge in [0.1, 0.15) is 17.3 Å². The molecule has 0 spiro atoms. The molecule has 0 amide bonds. The summed E-state index contributed by atoms with van der Waals surface area (Å²) in [6, 6.07) is 7.65. The molecule has 0 radical (unpaired) electrons. The number of Topliss-reactive ketones (excluding diaryl/α,β-unsaturated/α-hetero) is 1. The Labute approximate surface area is 155 Å². The zero-order valence-electron chi connectivity index (χ0n) is 16.0. The fraction of sp³-hybridized carbons (Fsp3) is 0.381. The van der Waals surface area contributed by atoms with E-state index in [9.17, 15) is 4.79 Å². The summed E-state index contributed by atoms with van der Waals surface area (Å²) in [6.07, 6.45) is 2.19. The number of ether oxygens (including phenoxy) is 2. The lowest BCUT2D eigenvalue weighted by Gasteiger charge is -2.13. The molecule has 26 heavy (non-hydrogen) atoms. The molecular weight excluding hydrogens is 328 g/mol. The van der Waals surface area contributed by atoms with Crippen LogP contribution in [0.4, 0.5) is 11.4 Å². The Balaban J connectivity index is 1.94. The number of ketones is 1. The van der Waals surface area contributed by atoms with Crippen molar-refractivity contribution in [1.29, 1.82) is 0 Å². The number of rotatable bonds is 8. The van der Waals surface area contributed by atoms with Gasteiger partial charge in [-0.25, -0.2) is 0 Å². The van der Waals surface area contributed by atoms with Gasteiger partial charge in [0.15, 0.2) is 0 Å². The van der Waals surface area contributed by atoms with Gasteiger partial charge in [-0.1, -0.05) is 12.1 Å². The van der Waals surface area contributed by atoms with Crippen molar-refractivity contribution in [3.8, 4) is 11.5 Å². The SMILES string of the molecule is COc1ccc(CCC(=O)CCc2ccc(OC)c(C)c2N)c(N)c1C. The Kier molecular flexibility index (Phi) is 6.50. The first kappa shape index (κ1) is 19.6. The van der Waals surface area contributed by atoms with E-state index in [1.807, 2.05) is 38.1 Å². The van der Waals surface area contributed by atoms with E-state index in [1.165, 1.54) is 0 Å². The maximum absolute atomic E-state index is 12.3. The summed E-state index contributed by atoms with van der Waals surface area (Å²) in [4.78, 5) is 12.3. The van der Waals surface area contributed by atoms with Gasteiger partial charge in [-0.15, -0.1) is 0 Å². The molecule has 0 fully saturated rings. The average Bonchev–Trinajstić information content (AvgIpc) is 2.64. The van der Waals surface area contributed by atoms with Crippen molar-refractivity contribution < 1.29 is 14.3 Å². The lowest BCUT2D eigenvalue weighted by atomic mass is 9.98. The quantitative estimate of drug-likeness (QED) is 0.705. The molecule has 4 N–H and O–H groups in total. The number of methoxy groups -OCH3 is 2. The molecule has 0 aliphatic carbocycles. The first-order chi connectivity index (χ1) is 12.4. The molecule has 5 nitrogen and oxygen atoms in total. The summed E-state index contributed by atoms with van der Waals surface area (Å²) >= 11 is 0. The molecular formula is C21H28N2O3. The van der Waals surface area contributed by atoms with Crippen LogP contribution in [-0.4, -0.2) is 20.0 Å². The van der Waals surface area contributed by atoms with Crippen LogP contribution in [0.5, 0.6) is 11.5 Å². The fourth-order valence-corrected chi connectivity index (χ4v) is 3.08. The van der Waals surface area contributed by atoms with E-state index in [2.05, 4.69) is 0 Å². The van der Waals surface area contributed by atoms with Crippen molar-refractivity contribution in [3.63, 3.8) is 0 Å². The van der Waals surface area contributed by atoms with Gasteiger partial charge in [0, 0.05) is 35.3 Å². The van der Waals surface area contributed by atoms with E-state index in [4.69, 9.17) is 20.9 Å². The van der Waals surface area contributed by atoms with Crippen molar-refractivity contribution in [2.75, 3.05) is 25.7 Å². The van der Waals surface area contributed by atoms with Gasteiger partial charge < -0.3 is 20.9 Å². The van der Waals surface area contributed by atoms with Crippen LogP contribution in [0.15, 0.2) is 24.3 Å². The molecule has 0 bridgehead atoms. The highest BCUT2D eigenvalue weighted by Gasteiger charge is 2.12. The number of hydrogen-bond donors (Lipinski definition) is 2. The first-order valence-corrected chi connectivity index (χ1v) is 8.74. The van der Waals surface area contributed by atoms with Crippen LogP contribution in [0.1, 0.15) is 35.1 Å². The first-order valence-electron chi connectivity index (χ1n) is 8.74. The molecule has 0 aromatic heterocycles. The monoisotopic (exact) mass is 356 g/mol. The Morgan fingerprint density at radius 2 is 1.19 bits per heavy atom. The van der Waals surface area contributed by atoms with Crippen molar-refractivity contribution in [2.45, 2.75) is 39.5 Å². The van der Waals surface area contributed by atoms with E-state index in [0.717, 1.165) is 33.8 Å². The third kappa shape index (κ3) is 4.28. The van der Waals surface area contributed by atoms with Gasteiger partial charge in [0.25, 0.3) is 0 Å². The third-order valence-electron chi connectivity index (χ3n) is 4.90. The molecule has 0 saturated carbocycles. The van der Waals surface area contributed by atoms with Crippen LogP contribution in [0.3, 0.4) is 0 Å². The molecule has 0 heterocycles. The maximum Gasteiger partial charge on any atom is 0.133 e. The predicted octanol–water partition coefficient (Wildman–Crippen LogP) is 3.62. The van der Waals surface area contributed by atoms with Gasteiger partial charge in [-0.2, -0.15) is 0 Å². The average molecular weight is 356 g/mol. The number of nitrogen functional groups attached to an aromatic ring is 2. The van der Waals surface area contributed by atoms with Crippen molar-refractivity contribution >= 4 is 17.2 Å². The molecule has 0 aliphatic heterocycles. The Morgan fingerprint density at radius 3 is 1.54 bits per heavy atom. The van der Waals surface area contributed by atoms with Crippen LogP contribution in [0, 0.1) is 13.8 Å². The minimum absolute atomic E-state index is 0.200. The van der Waals surface area contributed by atoms with Crippen LogP contribution >= 0.6 is 0 Å². The molecule has 140 valence electrons. The molecule has 0 saturated heterocycles. The summed E-state index contributed by atoms with van der Waals surface area (Å²) in [5.74, 6) is 1.73. The fourth-order valence-electron chi connectivity index (χ4n) is 3.08. The number of nitrogens with two attached hydrogens (primary N) is 2. The van der Waals surface area contributed by atoms with Crippen LogP contribution in [-0.2, 0) is 17.6 Å². The Morgan fingerprint density at radius 1 is 0.808 bits per heavy atom. The second kappa shape index (κ2) is 8.61. The topological polar surface area (TPSA) is 87.6 Å². The highest BCUT2D eigenvalue weighted by Crippen LogP contribution is 2.29. The highest BCUT2D eigenvalue weighted by molar-refractivity contribution is 5.79. The summed E-state index contributed by atoms with van der Waals surface area (Å²) in [5.41, 5.74) is 17.5. The van der Waals surface area contributed by atoms with Gasteiger partial charge in [0.05, 0.1) is 14.2 Å². The summed E-state index contributed by atoms with van der Waals surface area (Å²) in [6.45, 7) is 3.85. The van der Waals surface area contributed by atoms with E-state index in [-0.39, 0.29) is 5.78 Å². The number of benzene rings is 2. The summed E-state index contributed by atoms with van der Waals surface area (Å²) in [7, 11) is 3.25. The Bertz CT molecular complexity index is 735. The zero-order chi connectivity index (χ0) is 19.3. The predicted molar refractivity (Wildman–Crippen MR) is 106 cm³/mol. The zero-order valence-corrected chi connectivity index (χ0v) is 16.0.